The fraction of sp³-hybridized carbons (Fsp3) is 0.714. The van der Waals surface area contributed by atoms with Crippen LogP contribution in [0.15, 0.2) is 10.7 Å². The largest absolute Gasteiger partial charge is 0.369 e. The first-order valence-corrected chi connectivity index (χ1v) is 7.78. The molecule has 18 heavy (non-hydrogen) atoms. The van der Waals surface area contributed by atoms with Crippen molar-refractivity contribution in [3.8, 4) is 0 Å². The van der Waals surface area contributed by atoms with Gasteiger partial charge in [-0.15, -0.1) is 0 Å². The first kappa shape index (κ1) is 12.4. The van der Waals surface area contributed by atoms with E-state index in [1.54, 1.807) is 0 Å². The molecule has 0 radical (unpaired) electrons. The number of aromatic nitrogens is 2. The third-order valence-corrected chi connectivity index (χ3v) is 4.87. The minimum Gasteiger partial charge on any atom is -0.369 e. The second kappa shape index (κ2) is 4.80. The van der Waals surface area contributed by atoms with Gasteiger partial charge in [-0.25, -0.2) is 9.97 Å². The maximum absolute atomic E-state index is 4.64. The molecule has 0 saturated heterocycles. The van der Waals surface area contributed by atoms with Crippen molar-refractivity contribution in [2.75, 3.05) is 11.9 Å². The van der Waals surface area contributed by atoms with Crippen LogP contribution < -0.4 is 5.32 Å². The highest BCUT2D eigenvalue weighted by Crippen LogP contribution is 2.44. The lowest BCUT2D eigenvalue weighted by Gasteiger charge is -2.41. The van der Waals surface area contributed by atoms with Crippen LogP contribution in [0.4, 0.5) is 5.82 Å². The van der Waals surface area contributed by atoms with Gasteiger partial charge in [0.05, 0.1) is 0 Å². The third kappa shape index (κ3) is 2.53. The van der Waals surface area contributed by atoms with Gasteiger partial charge in [0.15, 0.2) is 0 Å². The van der Waals surface area contributed by atoms with Gasteiger partial charge in [-0.3, -0.25) is 0 Å². The van der Waals surface area contributed by atoms with E-state index in [1.807, 2.05) is 6.07 Å². The van der Waals surface area contributed by atoms with Crippen molar-refractivity contribution in [2.45, 2.75) is 51.4 Å². The molecule has 2 aliphatic carbocycles. The van der Waals surface area contributed by atoms with Gasteiger partial charge < -0.3 is 5.32 Å². The lowest BCUT2D eigenvalue weighted by Crippen LogP contribution is -2.36. The van der Waals surface area contributed by atoms with Gasteiger partial charge in [-0.2, -0.15) is 0 Å². The topological polar surface area (TPSA) is 37.8 Å². The quantitative estimate of drug-likeness (QED) is 0.832. The van der Waals surface area contributed by atoms with Gasteiger partial charge >= 0.3 is 0 Å². The smallest absolute Gasteiger partial charge is 0.135 e. The van der Waals surface area contributed by atoms with E-state index in [9.17, 15) is 0 Å². The summed E-state index contributed by atoms with van der Waals surface area (Å²) in [6, 6.07) is 1.99. The van der Waals surface area contributed by atoms with Crippen molar-refractivity contribution in [2.24, 2.45) is 5.41 Å². The Morgan fingerprint density at radius 2 is 2.17 bits per heavy atom. The van der Waals surface area contributed by atoms with Crippen LogP contribution in [-0.2, 0) is 0 Å². The van der Waals surface area contributed by atoms with Crippen LogP contribution in [-0.4, -0.2) is 16.5 Å². The molecule has 2 fully saturated rings. The van der Waals surface area contributed by atoms with Crippen molar-refractivity contribution < 1.29 is 0 Å². The number of nitrogens with one attached hydrogen (secondary N) is 1. The van der Waals surface area contributed by atoms with E-state index in [0.29, 0.717) is 11.3 Å². The molecule has 3 nitrogen and oxygen atoms in total. The molecule has 0 bridgehead atoms. The van der Waals surface area contributed by atoms with Crippen molar-refractivity contribution in [3.63, 3.8) is 0 Å². The molecule has 0 aliphatic heterocycles. The Morgan fingerprint density at radius 1 is 1.39 bits per heavy atom. The van der Waals surface area contributed by atoms with E-state index < -0.39 is 0 Å². The number of hydrogen-bond donors (Lipinski definition) is 1. The number of rotatable bonds is 5. The van der Waals surface area contributed by atoms with Crippen LogP contribution in [0.1, 0.15) is 57.2 Å². The number of anilines is 1. The molecule has 0 unspecified atom stereocenters. The fourth-order valence-corrected chi connectivity index (χ4v) is 3.06. The third-order valence-electron chi connectivity index (χ3n) is 4.46. The standard InChI is InChI=1S/C14H20BrN3/c1-2-14(6-3-7-14)9-16-12-8-11(15)17-13(18-12)10-4-5-10/h8,10H,2-7,9H2,1H3,(H,16,17,18). The molecule has 2 saturated carbocycles. The lowest BCUT2D eigenvalue weighted by molar-refractivity contribution is 0.145. The highest BCUT2D eigenvalue weighted by Gasteiger charge is 2.35. The zero-order valence-electron chi connectivity index (χ0n) is 10.9. The molecular formula is C14H20BrN3. The van der Waals surface area contributed by atoms with Crippen LogP contribution in [0.2, 0.25) is 0 Å². The van der Waals surface area contributed by atoms with Gasteiger partial charge in [-0.1, -0.05) is 13.3 Å². The summed E-state index contributed by atoms with van der Waals surface area (Å²) in [5.74, 6) is 2.59. The van der Waals surface area contributed by atoms with Gasteiger partial charge in [0.1, 0.15) is 16.2 Å². The minimum atomic E-state index is 0.525. The average molecular weight is 310 g/mol. The summed E-state index contributed by atoms with van der Waals surface area (Å²) in [7, 11) is 0. The molecular weight excluding hydrogens is 290 g/mol. The molecule has 0 amide bonds. The fourth-order valence-electron chi connectivity index (χ4n) is 2.66. The van der Waals surface area contributed by atoms with Gasteiger partial charge in [0.2, 0.25) is 0 Å². The van der Waals surface area contributed by atoms with Gasteiger partial charge in [0, 0.05) is 18.5 Å². The normalized spacial score (nSPS) is 21.4. The van der Waals surface area contributed by atoms with Crippen LogP contribution in [0.3, 0.4) is 0 Å². The zero-order chi connectivity index (χ0) is 12.6. The zero-order valence-corrected chi connectivity index (χ0v) is 12.5. The molecule has 98 valence electrons. The first-order chi connectivity index (χ1) is 8.71. The maximum atomic E-state index is 4.64. The molecule has 1 aromatic rings. The molecule has 1 N–H and O–H groups in total. The predicted octanol–water partition coefficient (Wildman–Crippen LogP) is 4.11. The summed E-state index contributed by atoms with van der Waals surface area (Å²) in [5.41, 5.74) is 0.525. The molecule has 0 spiro atoms. The Kier molecular flexibility index (Phi) is 3.31. The summed E-state index contributed by atoms with van der Waals surface area (Å²) >= 11 is 3.49. The first-order valence-electron chi connectivity index (χ1n) is 6.99. The Balaban J connectivity index is 1.68. The average Bonchev–Trinajstić information content (AvgIpc) is 3.11. The molecule has 2 aliphatic rings. The Labute approximate surface area is 117 Å². The second-order valence-electron chi connectivity index (χ2n) is 5.77. The summed E-state index contributed by atoms with van der Waals surface area (Å²) < 4.78 is 0.904. The molecule has 1 aromatic heterocycles. The van der Waals surface area contributed by atoms with Crippen molar-refractivity contribution in [3.05, 3.63) is 16.5 Å². The van der Waals surface area contributed by atoms with Gasteiger partial charge in [-0.05, 0) is 53.4 Å². The van der Waals surface area contributed by atoms with Crippen LogP contribution in [0.25, 0.3) is 0 Å². The summed E-state index contributed by atoms with van der Waals surface area (Å²) in [5, 5.41) is 3.52. The van der Waals surface area contributed by atoms with E-state index in [1.165, 1.54) is 38.5 Å². The number of nitrogens with zero attached hydrogens (tertiary/aromatic N) is 2. The summed E-state index contributed by atoms with van der Waals surface area (Å²) in [6.07, 6.45) is 7.86. The van der Waals surface area contributed by atoms with E-state index in [0.717, 1.165) is 22.8 Å². The highest BCUT2D eigenvalue weighted by atomic mass is 79.9. The van der Waals surface area contributed by atoms with Crippen molar-refractivity contribution >= 4 is 21.7 Å². The van der Waals surface area contributed by atoms with Crippen molar-refractivity contribution in [1.29, 1.82) is 0 Å². The van der Waals surface area contributed by atoms with Crippen molar-refractivity contribution in [1.82, 2.24) is 9.97 Å². The molecule has 1 heterocycles. The maximum Gasteiger partial charge on any atom is 0.135 e. The highest BCUT2D eigenvalue weighted by molar-refractivity contribution is 9.10. The van der Waals surface area contributed by atoms with Crippen LogP contribution in [0.5, 0.6) is 0 Å². The predicted molar refractivity (Wildman–Crippen MR) is 76.8 cm³/mol. The van der Waals surface area contributed by atoms with Crippen LogP contribution in [0, 0.1) is 5.41 Å². The van der Waals surface area contributed by atoms with E-state index in [-0.39, 0.29) is 0 Å². The Hall–Kier alpha value is -0.640. The monoisotopic (exact) mass is 309 g/mol. The van der Waals surface area contributed by atoms with Crippen LogP contribution >= 0.6 is 15.9 Å². The summed E-state index contributed by atoms with van der Waals surface area (Å²) in [6.45, 7) is 3.35. The Bertz CT molecular complexity index is 433. The Morgan fingerprint density at radius 3 is 2.72 bits per heavy atom. The van der Waals surface area contributed by atoms with E-state index in [2.05, 4.69) is 38.1 Å². The minimum absolute atomic E-state index is 0.525. The lowest BCUT2D eigenvalue weighted by atomic mass is 9.67. The SMILES string of the molecule is CCC1(CNc2cc(Br)nc(C3CC3)n2)CCC1. The molecule has 0 aromatic carbocycles. The van der Waals surface area contributed by atoms with Gasteiger partial charge in [0.25, 0.3) is 0 Å². The van der Waals surface area contributed by atoms with E-state index >= 15 is 0 Å². The van der Waals surface area contributed by atoms with E-state index in [4.69, 9.17) is 0 Å². The molecule has 0 atom stereocenters. The molecule has 3 rings (SSSR count). The molecule has 4 heteroatoms. The number of halogens is 1. The summed E-state index contributed by atoms with van der Waals surface area (Å²) in [4.78, 5) is 9.10. The number of hydrogen-bond acceptors (Lipinski definition) is 3. The second-order valence-corrected chi connectivity index (χ2v) is 6.58.